The Morgan fingerprint density at radius 2 is 2.10 bits per heavy atom. The van der Waals surface area contributed by atoms with E-state index in [0.29, 0.717) is 0 Å². The molecule has 0 radical (unpaired) electrons. The van der Waals surface area contributed by atoms with Crippen LogP contribution in [0.3, 0.4) is 0 Å². The Labute approximate surface area is 121 Å². The van der Waals surface area contributed by atoms with E-state index >= 15 is 0 Å². The van der Waals surface area contributed by atoms with E-state index in [2.05, 4.69) is 4.72 Å². The van der Waals surface area contributed by atoms with E-state index in [-0.39, 0.29) is 22.4 Å². The van der Waals surface area contributed by atoms with Crippen LogP contribution in [-0.2, 0) is 10.0 Å². The van der Waals surface area contributed by atoms with E-state index in [1.54, 1.807) is 0 Å². The van der Waals surface area contributed by atoms with E-state index in [9.17, 15) is 22.9 Å². The highest BCUT2D eigenvalue weighted by Gasteiger charge is 2.30. The summed E-state index contributed by atoms with van der Waals surface area (Å²) in [7, 11) is -4.09. The Morgan fingerprint density at radius 3 is 2.57 bits per heavy atom. The maximum atomic E-state index is 13.6. The molecule has 1 atom stereocenters. The minimum atomic E-state index is -4.09. The maximum absolute atomic E-state index is 13.6. The summed E-state index contributed by atoms with van der Waals surface area (Å²) in [5, 5.41) is 19.4. The molecule has 0 amide bonds. The third-order valence-corrected chi connectivity index (χ3v) is 4.71. The van der Waals surface area contributed by atoms with Gasteiger partial charge in [0.25, 0.3) is 0 Å². The zero-order chi connectivity index (χ0) is 16.4. The molecule has 0 spiro atoms. The highest BCUT2D eigenvalue weighted by atomic mass is 32.2. The Morgan fingerprint density at radius 1 is 1.52 bits per heavy atom. The minimum absolute atomic E-state index is 0.0549. The Kier molecular flexibility index (Phi) is 4.98. The van der Waals surface area contributed by atoms with Gasteiger partial charge in [0.15, 0.2) is 0 Å². The highest BCUT2D eigenvalue weighted by molar-refractivity contribution is 7.89. The average Bonchev–Trinajstić information content (AvgIpc) is 2.25. The maximum Gasteiger partial charge on any atom is 0.309 e. The molecule has 0 saturated heterocycles. The van der Waals surface area contributed by atoms with E-state index in [4.69, 9.17) is 5.26 Å². The van der Waals surface area contributed by atoms with E-state index in [1.165, 1.54) is 20.8 Å². The topological polar surface area (TPSA) is 113 Å². The molecule has 0 aliphatic carbocycles. The second kappa shape index (κ2) is 6.15. The number of nitro benzene ring substituents is 1. The molecule has 0 saturated carbocycles. The number of benzene rings is 1. The molecule has 1 rings (SSSR count). The first-order valence-electron chi connectivity index (χ1n) is 5.95. The second-order valence-corrected chi connectivity index (χ2v) is 6.27. The zero-order valence-electron chi connectivity index (χ0n) is 11.7. The predicted molar refractivity (Wildman–Crippen MR) is 72.5 cm³/mol. The van der Waals surface area contributed by atoms with Crippen molar-refractivity contribution >= 4 is 15.7 Å². The number of nitrogens with zero attached hydrogens (tertiary/aromatic N) is 2. The molecule has 1 unspecified atom stereocenters. The molecular weight excluding hydrogens is 301 g/mol. The van der Waals surface area contributed by atoms with Crippen LogP contribution in [0.5, 0.6) is 0 Å². The Bertz CT molecular complexity index is 725. The number of hydrogen-bond acceptors (Lipinski definition) is 5. The molecule has 0 heterocycles. The Balaban J connectivity index is 3.47. The van der Waals surface area contributed by atoms with Gasteiger partial charge in [-0.25, -0.2) is 13.1 Å². The molecule has 1 N–H and O–H groups in total. The lowest BCUT2D eigenvalue weighted by molar-refractivity contribution is -0.388. The lowest BCUT2D eigenvalue weighted by atomic mass is 10.1. The van der Waals surface area contributed by atoms with Crippen molar-refractivity contribution in [3.05, 3.63) is 33.1 Å². The van der Waals surface area contributed by atoms with Gasteiger partial charge in [0.1, 0.15) is 0 Å². The fourth-order valence-corrected chi connectivity index (χ4v) is 3.76. The van der Waals surface area contributed by atoms with Crippen LogP contribution in [0, 0.1) is 41.1 Å². The molecule has 0 aliphatic rings. The number of nitriles is 1. The van der Waals surface area contributed by atoms with Crippen LogP contribution in [0.1, 0.15) is 24.5 Å². The van der Waals surface area contributed by atoms with Gasteiger partial charge in [-0.3, -0.25) is 10.1 Å². The smallest absolute Gasteiger partial charge is 0.258 e. The summed E-state index contributed by atoms with van der Waals surface area (Å²) < 4.78 is 40.4. The van der Waals surface area contributed by atoms with Gasteiger partial charge in [0, 0.05) is 6.04 Å². The largest absolute Gasteiger partial charge is 0.309 e. The molecule has 0 aliphatic heterocycles. The number of sulfonamides is 1. The first-order chi connectivity index (χ1) is 9.61. The fourth-order valence-electron chi connectivity index (χ4n) is 2.05. The second-order valence-electron chi connectivity index (χ2n) is 4.62. The van der Waals surface area contributed by atoms with Crippen LogP contribution < -0.4 is 4.72 Å². The summed E-state index contributed by atoms with van der Waals surface area (Å²) in [6, 6.07) is 1.96. The van der Waals surface area contributed by atoms with Gasteiger partial charge < -0.3 is 0 Å². The fraction of sp³-hybridized carbons (Fsp3) is 0.417. The summed E-state index contributed by atoms with van der Waals surface area (Å²) >= 11 is 0. The lowest BCUT2D eigenvalue weighted by Gasteiger charge is -2.15. The molecule has 0 bridgehead atoms. The van der Waals surface area contributed by atoms with Gasteiger partial charge in [-0.15, -0.1) is 0 Å². The third-order valence-electron chi connectivity index (χ3n) is 2.83. The van der Waals surface area contributed by atoms with Crippen molar-refractivity contribution in [3.63, 3.8) is 0 Å². The van der Waals surface area contributed by atoms with Crippen molar-refractivity contribution in [2.45, 2.75) is 38.1 Å². The van der Waals surface area contributed by atoms with Gasteiger partial charge in [-0.1, -0.05) is 0 Å². The first kappa shape index (κ1) is 17.0. The summed E-state index contributed by atoms with van der Waals surface area (Å²) in [6.45, 7) is 4.02. The summed E-state index contributed by atoms with van der Waals surface area (Å²) in [6.07, 6.45) is -0.0549. The van der Waals surface area contributed by atoms with Crippen LogP contribution in [0.4, 0.5) is 10.1 Å². The predicted octanol–water partition coefficient (Wildman–Crippen LogP) is 1.93. The van der Waals surface area contributed by atoms with Gasteiger partial charge in [0.05, 0.1) is 27.9 Å². The summed E-state index contributed by atoms with van der Waals surface area (Å²) in [5.41, 5.74) is -1.07. The molecule has 7 nitrogen and oxygen atoms in total. The van der Waals surface area contributed by atoms with Crippen molar-refractivity contribution in [1.82, 2.24) is 4.72 Å². The van der Waals surface area contributed by atoms with Gasteiger partial charge in [-0.2, -0.15) is 9.65 Å². The van der Waals surface area contributed by atoms with Crippen molar-refractivity contribution < 1.29 is 17.7 Å². The van der Waals surface area contributed by atoms with Gasteiger partial charge in [-0.05, 0) is 32.4 Å². The number of hydrogen-bond donors (Lipinski definition) is 1. The highest BCUT2D eigenvalue weighted by Crippen LogP contribution is 2.31. The number of nitrogens with one attached hydrogen (secondary N) is 1. The SMILES string of the molecule is Cc1cc(F)c([N+](=O)[O-])c(C)c1S(=O)(=O)NC(C)CC#N. The average molecular weight is 315 g/mol. The quantitative estimate of drug-likeness (QED) is 0.659. The van der Waals surface area contributed by atoms with Crippen molar-refractivity contribution in [1.29, 1.82) is 5.26 Å². The number of nitro groups is 1. The Hall–Kier alpha value is -2.05. The number of halogens is 1. The summed E-state index contributed by atoms with van der Waals surface area (Å²) in [5.74, 6) is -1.08. The molecule has 21 heavy (non-hydrogen) atoms. The van der Waals surface area contributed by atoms with E-state index < -0.39 is 32.5 Å². The molecule has 1 aromatic rings. The van der Waals surface area contributed by atoms with Crippen molar-refractivity contribution in [2.24, 2.45) is 0 Å². The summed E-state index contributed by atoms with van der Waals surface area (Å²) in [4.78, 5) is 9.58. The standard InChI is InChI=1S/C12H14FN3O4S/c1-7-6-10(13)11(16(17)18)9(3)12(7)21(19,20)15-8(2)4-5-14/h6,8,15H,4H2,1-3H3. The lowest BCUT2D eigenvalue weighted by Crippen LogP contribution is -2.33. The molecule has 114 valence electrons. The van der Waals surface area contributed by atoms with Crippen LogP contribution in [0.25, 0.3) is 0 Å². The molecule has 0 fully saturated rings. The zero-order valence-corrected chi connectivity index (χ0v) is 12.5. The first-order valence-corrected chi connectivity index (χ1v) is 7.43. The van der Waals surface area contributed by atoms with Crippen molar-refractivity contribution in [2.75, 3.05) is 0 Å². The van der Waals surface area contributed by atoms with Crippen LogP contribution in [0.15, 0.2) is 11.0 Å². The van der Waals surface area contributed by atoms with Gasteiger partial charge in [0.2, 0.25) is 15.8 Å². The van der Waals surface area contributed by atoms with Gasteiger partial charge >= 0.3 is 5.69 Å². The third kappa shape index (κ3) is 3.53. The molecular formula is C12H14FN3O4S. The van der Waals surface area contributed by atoms with Crippen LogP contribution in [-0.4, -0.2) is 19.4 Å². The van der Waals surface area contributed by atoms with Crippen LogP contribution in [0.2, 0.25) is 0 Å². The molecule has 0 aromatic heterocycles. The van der Waals surface area contributed by atoms with E-state index in [1.807, 2.05) is 6.07 Å². The monoisotopic (exact) mass is 315 g/mol. The normalized spacial score (nSPS) is 12.7. The number of rotatable bonds is 5. The number of aryl methyl sites for hydroxylation is 1. The minimum Gasteiger partial charge on any atom is -0.258 e. The molecule has 9 heteroatoms. The van der Waals surface area contributed by atoms with Crippen LogP contribution >= 0.6 is 0 Å². The van der Waals surface area contributed by atoms with Crippen molar-refractivity contribution in [3.8, 4) is 6.07 Å². The molecule has 1 aromatic carbocycles. The van der Waals surface area contributed by atoms with E-state index in [0.717, 1.165) is 6.07 Å².